The van der Waals surface area contributed by atoms with Gasteiger partial charge in [0, 0.05) is 10.9 Å². The fourth-order valence-corrected chi connectivity index (χ4v) is 3.57. The van der Waals surface area contributed by atoms with E-state index in [9.17, 15) is 0 Å². The van der Waals surface area contributed by atoms with Crippen molar-refractivity contribution < 1.29 is 0 Å². The summed E-state index contributed by atoms with van der Waals surface area (Å²) < 4.78 is 0. The molecule has 80 valence electrons. The van der Waals surface area contributed by atoms with E-state index in [-0.39, 0.29) is 6.04 Å². The van der Waals surface area contributed by atoms with Gasteiger partial charge in [-0.25, -0.2) is 0 Å². The van der Waals surface area contributed by atoms with Gasteiger partial charge in [-0.2, -0.15) is 11.8 Å². The fourth-order valence-electron chi connectivity index (χ4n) is 1.24. The molecule has 0 aliphatic heterocycles. The van der Waals surface area contributed by atoms with E-state index in [0.717, 1.165) is 5.92 Å². The van der Waals surface area contributed by atoms with Crippen LogP contribution in [0, 0.1) is 5.92 Å². The van der Waals surface area contributed by atoms with Crippen molar-refractivity contribution in [3.8, 4) is 0 Å². The van der Waals surface area contributed by atoms with Crippen LogP contribution in [0.5, 0.6) is 0 Å². The first-order valence-corrected chi connectivity index (χ1v) is 6.94. The van der Waals surface area contributed by atoms with Gasteiger partial charge in [-0.3, -0.25) is 0 Å². The van der Waals surface area contributed by atoms with Gasteiger partial charge < -0.3 is 5.73 Å². The van der Waals surface area contributed by atoms with Crippen LogP contribution in [0.1, 0.15) is 30.9 Å². The van der Waals surface area contributed by atoms with Crippen LogP contribution >= 0.6 is 23.1 Å². The predicted octanol–water partition coefficient (Wildman–Crippen LogP) is 3.53. The third-order valence-electron chi connectivity index (χ3n) is 1.91. The highest BCUT2D eigenvalue weighted by atomic mass is 32.2. The van der Waals surface area contributed by atoms with E-state index >= 15 is 0 Å². The molecule has 0 fully saturated rings. The lowest BCUT2D eigenvalue weighted by molar-refractivity contribution is 0.712. The molecule has 0 aliphatic rings. The molecule has 0 amide bonds. The van der Waals surface area contributed by atoms with E-state index in [1.165, 1.54) is 10.6 Å². The van der Waals surface area contributed by atoms with Crippen molar-refractivity contribution in [2.75, 3.05) is 5.75 Å². The maximum atomic E-state index is 6.00. The maximum Gasteiger partial charge on any atom is 0.0539 e. The Morgan fingerprint density at radius 1 is 1.43 bits per heavy atom. The van der Waals surface area contributed by atoms with Gasteiger partial charge >= 0.3 is 0 Å². The van der Waals surface area contributed by atoms with Gasteiger partial charge in [0.05, 0.1) is 5.25 Å². The highest BCUT2D eigenvalue weighted by molar-refractivity contribution is 7.99. The van der Waals surface area contributed by atoms with E-state index in [4.69, 9.17) is 5.73 Å². The Morgan fingerprint density at radius 2 is 2.14 bits per heavy atom. The molecule has 2 N–H and O–H groups in total. The zero-order valence-corrected chi connectivity index (χ0v) is 10.7. The summed E-state index contributed by atoms with van der Waals surface area (Å²) in [6.45, 7) is 6.59. The van der Waals surface area contributed by atoms with Crippen molar-refractivity contribution in [3.63, 3.8) is 0 Å². The summed E-state index contributed by atoms with van der Waals surface area (Å²) in [4.78, 5) is 1.41. The molecule has 0 saturated carbocycles. The highest BCUT2D eigenvalue weighted by Crippen LogP contribution is 2.35. The monoisotopic (exact) mass is 229 g/mol. The average molecular weight is 229 g/mol. The van der Waals surface area contributed by atoms with Crippen molar-refractivity contribution in [2.45, 2.75) is 32.1 Å². The van der Waals surface area contributed by atoms with Crippen LogP contribution in [0.25, 0.3) is 0 Å². The quantitative estimate of drug-likeness (QED) is 0.836. The second kappa shape index (κ2) is 5.79. The first-order chi connectivity index (χ1) is 6.61. The van der Waals surface area contributed by atoms with Crippen molar-refractivity contribution in [1.82, 2.24) is 0 Å². The molecule has 1 aromatic heterocycles. The minimum atomic E-state index is 0.234. The lowest BCUT2D eigenvalue weighted by Gasteiger charge is -2.19. The molecule has 0 radical (unpaired) electrons. The number of nitrogens with two attached hydrogens (primary N) is 1. The third-order valence-corrected chi connectivity index (χ3v) is 4.92. The fraction of sp³-hybridized carbons (Fsp3) is 0.636. The van der Waals surface area contributed by atoms with Crippen LogP contribution in [-0.4, -0.2) is 11.8 Å². The summed E-state index contributed by atoms with van der Waals surface area (Å²) in [5.41, 5.74) is 6.00. The molecule has 2 unspecified atom stereocenters. The summed E-state index contributed by atoms with van der Waals surface area (Å²) in [7, 11) is 0. The van der Waals surface area contributed by atoms with Crippen LogP contribution in [0.15, 0.2) is 17.5 Å². The Hall–Kier alpha value is 0.01000. The van der Waals surface area contributed by atoms with Crippen LogP contribution in [0.4, 0.5) is 0 Å². The first kappa shape index (κ1) is 12.1. The lowest BCUT2D eigenvalue weighted by Crippen LogP contribution is -2.22. The molecule has 1 nitrogen and oxygen atoms in total. The van der Waals surface area contributed by atoms with E-state index in [1.54, 1.807) is 0 Å². The van der Waals surface area contributed by atoms with Gasteiger partial charge in [-0.1, -0.05) is 19.9 Å². The van der Waals surface area contributed by atoms with Gasteiger partial charge in [0.15, 0.2) is 0 Å². The Kier molecular flexibility index (Phi) is 4.99. The highest BCUT2D eigenvalue weighted by Gasteiger charge is 2.17. The maximum absolute atomic E-state index is 6.00. The molecular formula is C11H19NS2. The second-order valence-corrected chi connectivity index (χ2v) is 6.18. The van der Waals surface area contributed by atoms with Gasteiger partial charge in [0.1, 0.15) is 0 Å². The zero-order valence-electron chi connectivity index (χ0n) is 9.07. The molecule has 0 aliphatic carbocycles. The van der Waals surface area contributed by atoms with E-state index in [2.05, 4.69) is 38.3 Å². The Balaban J connectivity index is 2.57. The number of rotatable bonds is 5. The number of hydrogen-bond acceptors (Lipinski definition) is 3. The predicted molar refractivity (Wildman–Crippen MR) is 68.0 cm³/mol. The smallest absolute Gasteiger partial charge is 0.0539 e. The van der Waals surface area contributed by atoms with Crippen molar-refractivity contribution in [1.29, 1.82) is 0 Å². The summed E-state index contributed by atoms with van der Waals surface area (Å²) in [5, 5.41) is 2.60. The normalized spacial score (nSPS) is 15.8. The Morgan fingerprint density at radius 3 is 2.57 bits per heavy atom. The van der Waals surface area contributed by atoms with Gasteiger partial charge in [0.25, 0.3) is 0 Å². The second-order valence-electron chi connectivity index (χ2n) is 4.02. The van der Waals surface area contributed by atoms with Crippen LogP contribution in [-0.2, 0) is 0 Å². The molecule has 0 saturated heterocycles. The molecule has 1 aromatic rings. The molecule has 2 atom stereocenters. The van der Waals surface area contributed by atoms with Crippen LogP contribution in [0.3, 0.4) is 0 Å². The van der Waals surface area contributed by atoms with Gasteiger partial charge in [-0.05, 0) is 30.0 Å². The van der Waals surface area contributed by atoms with Crippen LogP contribution < -0.4 is 5.73 Å². The van der Waals surface area contributed by atoms with Crippen molar-refractivity contribution in [2.24, 2.45) is 11.7 Å². The molecule has 0 spiro atoms. The SMILES string of the molecule is CC(C)CSC(c1cccs1)C(C)N. The molecule has 1 rings (SSSR count). The number of thioether (sulfide) groups is 1. The van der Waals surface area contributed by atoms with Crippen LogP contribution in [0.2, 0.25) is 0 Å². The molecular weight excluding hydrogens is 210 g/mol. The van der Waals surface area contributed by atoms with Gasteiger partial charge in [-0.15, -0.1) is 11.3 Å². The Labute approximate surface area is 95.1 Å². The summed E-state index contributed by atoms with van der Waals surface area (Å²) >= 11 is 3.79. The van der Waals surface area contributed by atoms with E-state index in [0.29, 0.717) is 5.25 Å². The first-order valence-electron chi connectivity index (χ1n) is 5.02. The van der Waals surface area contributed by atoms with Crippen molar-refractivity contribution in [3.05, 3.63) is 22.4 Å². The largest absolute Gasteiger partial charge is 0.327 e. The number of thiophene rings is 1. The van der Waals surface area contributed by atoms with Crippen molar-refractivity contribution >= 4 is 23.1 Å². The minimum Gasteiger partial charge on any atom is -0.327 e. The molecule has 0 bridgehead atoms. The molecule has 3 heteroatoms. The zero-order chi connectivity index (χ0) is 10.6. The lowest BCUT2D eigenvalue weighted by atomic mass is 10.2. The topological polar surface area (TPSA) is 26.0 Å². The molecule has 14 heavy (non-hydrogen) atoms. The summed E-state index contributed by atoms with van der Waals surface area (Å²) in [6, 6.07) is 4.52. The Bertz CT molecular complexity index is 242. The summed E-state index contributed by atoms with van der Waals surface area (Å²) in [6.07, 6.45) is 0. The average Bonchev–Trinajstić information content (AvgIpc) is 2.56. The molecule has 0 aromatic carbocycles. The standard InChI is InChI=1S/C11H19NS2/c1-8(2)7-14-11(9(3)12)10-5-4-6-13-10/h4-6,8-9,11H,7,12H2,1-3H3. The molecule has 1 heterocycles. The van der Waals surface area contributed by atoms with Gasteiger partial charge in [0.2, 0.25) is 0 Å². The number of hydrogen-bond donors (Lipinski definition) is 1. The van der Waals surface area contributed by atoms with E-state index in [1.807, 2.05) is 23.1 Å². The minimum absolute atomic E-state index is 0.234. The third kappa shape index (κ3) is 3.64. The van der Waals surface area contributed by atoms with E-state index < -0.39 is 0 Å². The summed E-state index contributed by atoms with van der Waals surface area (Å²) in [5.74, 6) is 1.92.